The van der Waals surface area contributed by atoms with Crippen LogP contribution in [0.1, 0.15) is 68.4 Å². The molecule has 174 valence electrons. The van der Waals surface area contributed by atoms with Crippen LogP contribution in [0.15, 0.2) is 28.9 Å². The SMILES string of the molecule is NC(=O)c1c(NC(=O)c2cc3n(n2)C(C(F)(F)F)CC(c2ccco2)N3)sc2c1CCCC2. The fourth-order valence-electron chi connectivity index (χ4n) is 4.44. The van der Waals surface area contributed by atoms with E-state index in [4.69, 9.17) is 10.2 Å². The molecule has 0 saturated carbocycles. The van der Waals surface area contributed by atoms with Crippen LogP contribution in [0.4, 0.5) is 24.0 Å². The second-order valence-electron chi connectivity index (χ2n) is 8.10. The van der Waals surface area contributed by atoms with Crippen molar-refractivity contribution in [3.8, 4) is 0 Å². The van der Waals surface area contributed by atoms with Crippen molar-refractivity contribution >= 4 is 34.0 Å². The monoisotopic (exact) mass is 479 g/mol. The molecule has 2 amide bonds. The van der Waals surface area contributed by atoms with Crippen molar-refractivity contribution in [1.29, 1.82) is 0 Å². The van der Waals surface area contributed by atoms with Crippen molar-refractivity contribution in [2.75, 3.05) is 10.6 Å². The van der Waals surface area contributed by atoms with E-state index in [0.717, 1.165) is 34.4 Å². The van der Waals surface area contributed by atoms with Gasteiger partial charge in [0, 0.05) is 17.4 Å². The van der Waals surface area contributed by atoms with Crippen LogP contribution in [-0.4, -0.2) is 27.8 Å². The molecule has 0 radical (unpaired) electrons. The Balaban J connectivity index is 1.46. The third-order valence-electron chi connectivity index (χ3n) is 5.95. The number of carbonyl (C=O) groups is 2. The lowest BCUT2D eigenvalue weighted by molar-refractivity contribution is -0.174. The Hall–Kier alpha value is -3.28. The van der Waals surface area contributed by atoms with E-state index < -0.39 is 30.1 Å². The number of carbonyl (C=O) groups excluding carboxylic acids is 2. The second kappa shape index (κ2) is 7.94. The topological polar surface area (TPSA) is 115 Å². The van der Waals surface area contributed by atoms with Gasteiger partial charge in [-0.05, 0) is 43.4 Å². The van der Waals surface area contributed by atoms with Gasteiger partial charge in [0.05, 0.1) is 17.9 Å². The van der Waals surface area contributed by atoms with E-state index in [-0.39, 0.29) is 23.5 Å². The van der Waals surface area contributed by atoms with Crippen molar-refractivity contribution in [3.05, 3.63) is 51.9 Å². The lowest BCUT2D eigenvalue weighted by Gasteiger charge is -2.32. The summed E-state index contributed by atoms with van der Waals surface area (Å²) in [7, 11) is 0. The average Bonchev–Trinajstić information content (AvgIpc) is 3.49. The van der Waals surface area contributed by atoms with Crippen LogP contribution in [0.25, 0.3) is 0 Å². The average molecular weight is 479 g/mol. The van der Waals surface area contributed by atoms with Gasteiger partial charge in [-0.15, -0.1) is 11.3 Å². The molecule has 12 heteroatoms. The Bertz CT molecular complexity index is 1210. The predicted molar refractivity (Wildman–Crippen MR) is 114 cm³/mol. The van der Waals surface area contributed by atoms with Crippen molar-refractivity contribution in [2.24, 2.45) is 5.73 Å². The fraction of sp³-hybridized carbons (Fsp3) is 0.381. The molecule has 8 nitrogen and oxygen atoms in total. The highest BCUT2D eigenvalue weighted by molar-refractivity contribution is 7.17. The molecular weight excluding hydrogens is 459 g/mol. The zero-order chi connectivity index (χ0) is 23.3. The van der Waals surface area contributed by atoms with E-state index in [1.807, 2.05) is 0 Å². The van der Waals surface area contributed by atoms with Crippen LogP contribution < -0.4 is 16.4 Å². The summed E-state index contributed by atoms with van der Waals surface area (Å²) in [5, 5.41) is 9.86. The van der Waals surface area contributed by atoms with Gasteiger partial charge in [-0.2, -0.15) is 18.3 Å². The molecule has 33 heavy (non-hydrogen) atoms. The Morgan fingerprint density at radius 3 is 2.79 bits per heavy atom. The summed E-state index contributed by atoms with van der Waals surface area (Å²) < 4.78 is 47.4. The van der Waals surface area contributed by atoms with Gasteiger partial charge in [0.1, 0.15) is 16.6 Å². The lowest BCUT2D eigenvalue weighted by atomic mass is 9.95. The van der Waals surface area contributed by atoms with E-state index in [1.54, 1.807) is 12.1 Å². The molecule has 0 fully saturated rings. The first-order chi connectivity index (χ1) is 15.7. The molecule has 4 heterocycles. The third kappa shape index (κ3) is 3.88. The number of hydrogen-bond donors (Lipinski definition) is 3. The van der Waals surface area contributed by atoms with Gasteiger partial charge in [0.25, 0.3) is 11.8 Å². The molecule has 4 N–H and O–H groups in total. The highest BCUT2D eigenvalue weighted by atomic mass is 32.1. The molecular formula is C21H20F3N5O3S. The molecule has 0 saturated heterocycles. The highest BCUT2D eigenvalue weighted by Crippen LogP contribution is 2.44. The van der Waals surface area contributed by atoms with Gasteiger partial charge in [-0.3, -0.25) is 9.59 Å². The van der Waals surface area contributed by atoms with Gasteiger partial charge in [-0.1, -0.05) is 0 Å². The summed E-state index contributed by atoms with van der Waals surface area (Å²) in [6.45, 7) is 0. The molecule has 3 aromatic heterocycles. The Kier molecular flexibility index (Phi) is 5.19. The van der Waals surface area contributed by atoms with Crippen molar-refractivity contribution in [1.82, 2.24) is 9.78 Å². The van der Waals surface area contributed by atoms with Gasteiger partial charge < -0.3 is 20.8 Å². The molecule has 3 aromatic rings. The lowest BCUT2D eigenvalue weighted by Crippen LogP contribution is -2.35. The number of aromatic nitrogens is 2. The molecule has 2 aliphatic rings. The number of nitrogens with zero attached hydrogens (tertiary/aromatic N) is 2. The van der Waals surface area contributed by atoms with E-state index in [9.17, 15) is 22.8 Å². The van der Waals surface area contributed by atoms with Crippen LogP contribution in [0, 0.1) is 0 Å². The molecule has 1 aliphatic heterocycles. The van der Waals surface area contributed by atoms with Crippen molar-refractivity contribution in [3.63, 3.8) is 0 Å². The third-order valence-corrected chi connectivity index (χ3v) is 7.16. The maximum atomic E-state index is 13.8. The van der Waals surface area contributed by atoms with Gasteiger partial charge in [0.2, 0.25) is 0 Å². The zero-order valence-corrected chi connectivity index (χ0v) is 18.1. The quantitative estimate of drug-likeness (QED) is 0.512. The van der Waals surface area contributed by atoms with Gasteiger partial charge >= 0.3 is 6.18 Å². The normalized spacial score (nSPS) is 20.0. The van der Waals surface area contributed by atoms with E-state index >= 15 is 0 Å². The molecule has 5 rings (SSSR count). The number of primary amides is 1. The largest absolute Gasteiger partial charge is 0.467 e. The van der Waals surface area contributed by atoms with Crippen LogP contribution in [0.2, 0.25) is 0 Å². The summed E-state index contributed by atoms with van der Waals surface area (Å²) in [5.74, 6) is -0.946. The molecule has 0 bridgehead atoms. The van der Waals surface area contributed by atoms with E-state index in [2.05, 4.69) is 15.7 Å². The summed E-state index contributed by atoms with van der Waals surface area (Å²) >= 11 is 1.28. The van der Waals surface area contributed by atoms with Crippen LogP contribution in [0.3, 0.4) is 0 Å². The minimum Gasteiger partial charge on any atom is -0.467 e. The zero-order valence-electron chi connectivity index (χ0n) is 17.2. The maximum absolute atomic E-state index is 13.8. The summed E-state index contributed by atoms with van der Waals surface area (Å²) in [6.07, 6.45) is -0.129. The van der Waals surface area contributed by atoms with Gasteiger partial charge in [0.15, 0.2) is 11.7 Å². The van der Waals surface area contributed by atoms with E-state index in [0.29, 0.717) is 17.2 Å². The van der Waals surface area contributed by atoms with Crippen LogP contribution in [0.5, 0.6) is 0 Å². The van der Waals surface area contributed by atoms with Crippen LogP contribution >= 0.6 is 11.3 Å². The van der Waals surface area contributed by atoms with Crippen LogP contribution in [-0.2, 0) is 12.8 Å². The first kappa shape index (κ1) is 21.6. The number of rotatable bonds is 4. The summed E-state index contributed by atoms with van der Waals surface area (Å²) in [5.41, 5.74) is 6.48. The van der Waals surface area contributed by atoms with Gasteiger partial charge in [-0.25, -0.2) is 4.68 Å². The number of halogens is 3. The fourth-order valence-corrected chi connectivity index (χ4v) is 5.73. The summed E-state index contributed by atoms with van der Waals surface area (Å²) in [6, 6.07) is 1.80. The number of anilines is 2. The Morgan fingerprint density at radius 1 is 1.30 bits per heavy atom. The highest BCUT2D eigenvalue weighted by Gasteiger charge is 2.47. The molecule has 2 atom stereocenters. The Morgan fingerprint density at radius 2 is 2.09 bits per heavy atom. The summed E-state index contributed by atoms with van der Waals surface area (Å²) in [4.78, 5) is 26.0. The number of fused-ring (bicyclic) bond motifs is 2. The number of amides is 2. The predicted octanol–water partition coefficient (Wildman–Crippen LogP) is 4.43. The van der Waals surface area contributed by atoms with Crippen molar-refractivity contribution < 1.29 is 27.2 Å². The number of nitrogens with two attached hydrogens (primary N) is 1. The van der Waals surface area contributed by atoms with Crippen molar-refractivity contribution in [2.45, 2.75) is 50.4 Å². The minimum absolute atomic E-state index is 0.0516. The first-order valence-corrected chi connectivity index (χ1v) is 11.3. The Labute approximate surface area is 189 Å². The molecule has 0 aromatic carbocycles. The smallest absolute Gasteiger partial charge is 0.410 e. The maximum Gasteiger partial charge on any atom is 0.410 e. The minimum atomic E-state index is -4.58. The standard InChI is InChI=1S/C21H20F3N5O3S/c22-21(23,24)15-8-11(13-5-3-7-32-13)26-16-9-12(28-29(15)16)19(31)27-20-17(18(25)30)10-4-1-2-6-14(10)33-20/h3,5,7,9,11,15,26H,1-2,4,6,8H2,(H2,25,30)(H,27,31). The molecule has 2 unspecified atom stereocenters. The number of thiophene rings is 1. The molecule has 0 spiro atoms. The number of hydrogen-bond acceptors (Lipinski definition) is 6. The number of nitrogens with one attached hydrogen (secondary N) is 2. The number of alkyl halides is 3. The molecule has 1 aliphatic carbocycles. The first-order valence-electron chi connectivity index (χ1n) is 10.4. The number of furan rings is 1. The second-order valence-corrected chi connectivity index (χ2v) is 9.20. The van der Waals surface area contributed by atoms with E-state index in [1.165, 1.54) is 23.7 Å². The number of aryl methyl sites for hydroxylation is 1.